The van der Waals surface area contributed by atoms with Gasteiger partial charge in [-0.25, -0.2) is 0 Å². The zero-order chi connectivity index (χ0) is 27.9. The summed E-state index contributed by atoms with van der Waals surface area (Å²) in [4.78, 5) is 17.7. The maximum Gasteiger partial charge on any atom is 0.228 e. The first kappa shape index (κ1) is 26.9. The van der Waals surface area contributed by atoms with Gasteiger partial charge in [-0.1, -0.05) is 35.3 Å². The lowest BCUT2D eigenvalue weighted by Gasteiger charge is -2.11. The SMILES string of the molecule is COc1ccc(/C=C(\Oc2ccc(/C=N/Nc3ccnc4cc(Cl)ccc34)cc2)C(=O)c2ccc(Cl)cc2)cc1. The molecule has 0 radical (unpaired) electrons. The first-order valence-corrected chi connectivity index (χ1v) is 13.0. The van der Waals surface area contributed by atoms with Crippen LogP contribution in [-0.2, 0) is 0 Å². The van der Waals surface area contributed by atoms with E-state index in [9.17, 15) is 4.79 Å². The fourth-order valence-corrected chi connectivity index (χ4v) is 4.17. The number of carbonyl (C=O) groups is 1. The number of Topliss-reactive ketones (excluding diaryl/α,β-unsaturated/α-hetero) is 1. The first-order valence-electron chi connectivity index (χ1n) is 12.3. The number of anilines is 1. The monoisotopic (exact) mass is 567 g/mol. The molecule has 0 aliphatic heterocycles. The van der Waals surface area contributed by atoms with Crippen LogP contribution < -0.4 is 14.9 Å². The van der Waals surface area contributed by atoms with Crippen molar-refractivity contribution in [1.82, 2.24) is 4.98 Å². The van der Waals surface area contributed by atoms with E-state index in [0.29, 0.717) is 21.4 Å². The summed E-state index contributed by atoms with van der Waals surface area (Å²) in [6.07, 6.45) is 5.09. The summed E-state index contributed by atoms with van der Waals surface area (Å²) in [5, 5.41) is 6.44. The molecule has 198 valence electrons. The van der Waals surface area contributed by atoms with Crippen LogP contribution in [0, 0.1) is 0 Å². The van der Waals surface area contributed by atoms with Crippen molar-refractivity contribution >= 4 is 57.9 Å². The predicted molar refractivity (Wildman–Crippen MR) is 162 cm³/mol. The summed E-state index contributed by atoms with van der Waals surface area (Å²) in [5.74, 6) is 1.12. The van der Waals surface area contributed by atoms with E-state index in [1.54, 1.807) is 68.1 Å². The van der Waals surface area contributed by atoms with Gasteiger partial charge in [-0.15, -0.1) is 0 Å². The number of ketones is 1. The number of ether oxygens (including phenoxy) is 2. The molecule has 0 aliphatic rings. The Hall–Kier alpha value is -4.65. The van der Waals surface area contributed by atoms with Crippen LogP contribution in [0.5, 0.6) is 11.5 Å². The van der Waals surface area contributed by atoms with Gasteiger partial charge in [0.25, 0.3) is 0 Å². The third-order valence-electron chi connectivity index (χ3n) is 5.96. The van der Waals surface area contributed by atoms with Gasteiger partial charge < -0.3 is 9.47 Å². The lowest BCUT2D eigenvalue weighted by atomic mass is 10.1. The Morgan fingerprint density at radius 3 is 2.23 bits per heavy atom. The van der Waals surface area contributed by atoms with Crippen molar-refractivity contribution in [2.24, 2.45) is 5.10 Å². The summed E-state index contributed by atoms with van der Waals surface area (Å²) in [6.45, 7) is 0. The summed E-state index contributed by atoms with van der Waals surface area (Å²) in [6, 6.07) is 28.7. The number of hydrogen-bond acceptors (Lipinski definition) is 6. The number of hydrogen-bond donors (Lipinski definition) is 1. The lowest BCUT2D eigenvalue weighted by molar-refractivity contribution is 0.0988. The number of methoxy groups -OCH3 is 1. The molecule has 0 bridgehead atoms. The van der Waals surface area contributed by atoms with Crippen molar-refractivity contribution < 1.29 is 14.3 Å². The van der Waals surface area contributed by atoms with Gasteiger partial charge in [0.05, 0.1) is 24.5 Å². The smallest absolute Gasteiger partial charge is 0.228 e. The molecule has 1 heterocycles. The quantitative estimate of drug-likeness (QED) is 0.0637. The number of carbonyl (C=O) groups excluding carboxylic acids is 1. The zero-order valence-electron chi connectivity index (χ0n) is 21.3. The third-order valence-corrected chi connectivity index (χ3v) is 6.44. The highest BCUT2D eigenvalue weighted by Gasteiger charge is 2.15. The molecule has 1 aromatic heterocycles. The first-order chi connectivity index (χ1) is 19.5. The van der Waals surface area contributed by atoms with Crippen molar-refractivity contribution in [3.8, 4) is 11.5 Å². The molecule has 40 heavy (non-hydrogen) atoms. The highest BCUT2D eigenvalue weighted by atomic mass is 35.5. The number of allylic oxidation sites excluding steroid dienone is 1. The van der Waals surface area contributed by atoms with Crippen LogP contribution in [0.25, 0.3) is 17.0 Å². The predicted octanol–water partition coefficient (Wildman–Crippen LogP) is 8.30. The minimum absolute atomic E-state index is 0.167. The van der Waals surface area contributed by atoms with Gasteiger partial charge >= 0.3 is 0 Å². The third kappa shape index (κ3) is 6.67. The van der Waals surface area contributed by atoms with Crippen molar-refractivity contribution in [2.45, 2.75) is 0 Å². The minimum Gasteiger partial charge on any atom is -0.497 e. The summed E-state index contributed by atoms with van der Waals surface area (Å²) < 4.78 is 11.3. The molecule has 0 atom stereocenters. The second kappa shape index (κ2) is 12.5. The van der Waals surface area contributed by atoms with E-state index in [1.165, 1.54) is 0 Å². The molecule has 0 aliphatic carbocycles. The molecule has 0 spiro atoms. The van der Waals surface area contributed by atoms with Gasteiger partial charge in [0, 0.05) is 27.2 Å². The van der Waals surface area contributed by atoms with Crippen LogP contribution in [0.15, 0.2) is 114 Å². The fraction of sp³-hybridized carbons (Fsp3) is 0.0312. The molecule has 0 fully saturated rings. The number of benzene rings is 4. The second-order valence-electron chi connectivity index (χ2n) is 8.68. The molecule has 5 aromatic rings. The van der Waals surface area contributed by atoms with E-state index in [-0.39, 0.29) is 11.5 Å². The van der Waals surface area contributed by atoms with Crippen LogP contribution in [0.2, 0.25) is 10.0 Å². The van der Waals surface area contributed by atoms with Crippen LogP contribution in [-0.4, -0.2) is 24.1 Å². The summed E-state index contributed by atoms with van der Waals surface area (Å²) in [5.41, 5.74) is 6.74. The average Bonchev–Trinajstić information content (AvgIpc) is 2.98. The molecular weight excluding hydrogens is 545 g/mol. The summed E-state index contributed by atoms with van der Waals surface area (Å²) in [7, 11) is 1.60. The number of aromatic nitrogens is 1. The Labute approximate surface area is 241 Å². The van der Waals surface area contributed by atoms with Gasteiger partial charge in [-0.3, -0.25) is 15.2 Å². The number of fused-ring (bicyclic) bond motifs is 1. The highest BCUT2D eigenvalue weighted by molar-refractivity contribution is 6.31. The van der Waals surface area contributed by atoms with Crippen molar-refractivity contribution in [3.63, 3.8) is 0 Å². The number of rotatable bonds is 9. The Morgan fingerprint density at radius 2 is 1.50 bits per heavy atom. The van der Waals surface area contributed by atoms with Gasteiger partial charge in [-0.2, -0.15) is 5.10 Å². The summed E-state index contributed by atoms with van der Waals surface area (Å²) >= 11 is 12.1. The maximum absolute atomic E-state index is 13.3. The second-order valence-corrected chi connectivity index (χ2v) is 9.55. The Balaban J connectivity index is 1.33. The molecule has 6 nitrogen and oxygen atoms in total. The van der Waals surface area contributed by atoms with Crippen molar-refractivity contribution in [2.75, 3.05) is 12.5 Å². The molecule has 0 saturated heterocycles. The minimum atomic E-state index is -0.270. The number of hydrazone groups is 1. The number of halogens is 2. The van der Waals surface area contributed by atoms with E-state index >= 15 is 0 Å². The topological polar surface area (TPSA) is 72.8 Å². The lowest BCUT2D eigenvalue weighted by Crippen LogP contribution is -2.09. The standard InChI is InChI=1S/C32H23Cl2N3O3/c1-39-26-11-2-21(3-12-26)18-31(32(38)23-6-8-24(33)9-7-23)40-27-13-4-22(5-14-27)20-36-37-29-16-17-35-30-19-25(34)10-15-28(29)30/h2-20H,1H3,(H,35,37)/b31-18-,36-20+. The largest absolute Gasteiger partial charge is 0.497 e. The van der Waals surface area contributed by atoms with Gasteiger partial charge in [0.2, 0.25) is 5.78 Å². The molecule has 0 saturated carbocycles. The van der Waals surface area contributed by atoms with Crippen molar-refractivity contribution in [1.29, 1.82) is 0 Å². The molecular formula is C32H23Cl2N3O3. The maximum atomic E-state index is 13.3. The Kier molecular flexibility index (Phi) is 8.40. The normalized spacial score (nSPS) is 11.5. The van der Waals surface area contributed by atoms with E-state index in [2.05, 4.69) is 15.5 Å². The molecule has 0 unspecified atom stereocenters. The number of nitrogens with zero attached hydrogens (tertiary/aromatic N) is 2. The average molecular weight is 568 g/mol. The molecule has 5 rings (SSSR count). The van der Waals surface area contributed by atoms with Crippen LogP contribution in [0.3, 0.4) is 0 Å². The van der Waals surface area contributed by atoms with Crippen LogP contribution in [0.4, 0.5) is 5.69 Å². The van der Waals surface area contributed by atoms with E-state index in [1.807, 2.05) is 54.6 Å². The van der Waals surface area contributed by atoms with E-state index in [4.69, 9.17) is 32.7 Å². The molecule has 4 aromatic carbocycles. The molecule has 1 N–H and O–H groups in total. The fourth-order valence-electron chi connectivity index (χ4n) is 3.88. The van der Waals surface area contributed by atoms with E-state index < -0.39 is 0 Å². The number of pyridine rings is 1. The highest BCUT2D eigenvalue weighted by Crippen LogP contribution is 2.25. The zero-order valence-corrected chi connectivity index (χ0v) is 22.9. The Bertz CT molecular complexity index is 1700. The molecule has 0 amide bonds. The Morgan fingerprint density at radius 1 is 0.825 bits per heavy atom. The van der Waals surface area contributed by atoms with Gasteiger partial charge in [-0.05, 0) is 102 Å². The molecule has 8 heteroatoms. The van der Waals surface area contributed by atoms with Crippen molar-refractivity contribution in [3.05, 3.63) is 136 Å². The van der Waals surface area contributed by atoms with Gasteiger partial charge in [0.15, 0.2) is 5.76 Å². The number of nitrogens with one attached hydrogen (secondary N) is 1. The van der Waals surface area contributed by atoms with E-state index in [0.717, 1.165) is 33.5 Å². The van der Waals surface area contributed by atoms with Gasteiger partial charge in [0.1, 0.15) is 11.5 Å². The van der Waals surface area contributed by atoms with Crippen LogP contribution >= 0.6 is 23.2 Å². The van der Waals surface area contributed by atoms with Crippen LogP contribution in [0.1, 0.15) is 21.5 Å².